The number of nitro benzene ring substituents is 1. The largest absolute Gasteiger partial charge is 0.494 e. The van der Waals surface area contributed by atoms with Crippen LogP contribution in [-0.2, 0) is 9.53 Å². The molecule has 2 aromatic carbocycles. The molecule has 1 aliphatic heterocycles. The van der Waals surface area contributed by atoms with Crippen LogP contribution < -0.4 is 4.74 Å². The number of hydrogen-bond donors (Lipinski definition) is 0. The summed E-state index contributed by atoms with van der Waals surface area (Å²) in [5, 5.41) is 10.7. The standard InChI is InChI=1S/C20H18N2O5/c1-2-3-11-26-17-6-4-5-14(12-17)13-18-20(23)27-19(21-18)15-7-9-16(10-8-15)22(24)25/h4-10,12-13H,2-3,11H2,1H3/b18-13-. The zero-order valence-corrected chi connectivity index (χ0v) is 14.8. The van der Waals surface area contributed by atoms with E-state index in [9.17, 15) is 14.9 Å². The van der Waals surface area contributed by atoms with Gasteiger partial charge in [0.1, 0.15) is 5.75 Å². The lowest BCUT2D eigenvalue weighted by molar-refractivity contribution is -0.384. The van der Waals surface area contributed by atoms with E-state index in [-0.39, 0.29) is 17.3 Å². The van der Waals surface area contributed by atoms with Crippen LogP contribution >= 0.6 is 0 Å². The van der Waals surface area contributed by atoms with Crippen molar-refractivity contribution in [2.24, 2.45) is 4.99 Å². The third-order valence-corrected chi connectivity index (χ3v) is 3.87. The Hall–Kier alpha value is -3.48. The van der Waals surface area contributed by atoms with Crippen molar-refractivity contribution < 1.29 is 19.2 Å². The molecule has 0 amide bonds. The van der Waals surface area contributed by atoms with Gasteiger partial charge in [-0.25, -0.2) is 9.79 Å². The van der Waals surface area contributed by atoms with Crippen molar-refractivity contribution in [3.05, 3.63) is 75.5 Å². The van der Waals surface area contributed by atoms with Gasteiger partial charge in [0.15, 0.2) is 5.70 Å². The zero-order valence-electron chi connectivity index (χ0n) is 14.8. The fraction of sp³-hybridized carbons (Fsp3) is 0.200. The van der Waals surface area contributed by atoms with Gasteiger partial charge in [-0.2, -0.15) is 0 Å². The molecule has 0 atom stereocenters. The molecule has 0 saturated carbocycles. The average Bonchev–Trinajstić information content (AvgIpc) is 3.03. The van der Waals surface area contributed by atoms with Gasteiger partial charge in [0, 0.05) is 17.7 Å². The van der Waals surface area contributed by atoms with E-state index in [0.29, 0.717) is 12.2 Å². The molecule has 0 aliphatic carbocycles. The van der Waals surface area contributed by atoms with Gasteiger partial charge >= 0.3 is 5.97 Å². The van der Waals surface area contributed by atoms with Gasteiger partial charge in [0.2, 0.25) is 5.90 Å². The lowest BCUT2D eigenvalue weighted by Gasteiger charge is -2.05. The van der Waals surface area contributed by atoms with Crippen molar-refractivity contribution in [3.63, 3.8) is 0 Å². The van der Waals surface area contributed by atoms with Gasteiger partial charge in [-0.3, -0.25) is 10.1 Å². The normalized spacial score (nSPS) is 14.8. The smallest absolute Gasteiger partial charge is 0.363 e. The molecule has 0 bridgehead atoms. The Kier molecular flexibility index (Phi) is 5.61. The first-order valence-corrected chi connectivity index (χ1v) is 8.57. The third-order valence-electron chi connectivity index (χ3n) is 3.87. The maximum absolute atomic E-state index is 12.1. The maximum atomic E-state index is 12.1. The van der Waals surface area contributed by atoms with E-state index in [1.807, 2.05) is 24.3 Å². The lowest BCUT2D eigenvalue weighted by atomic mass is 10.2. The second-order valence-corrected chi connectivity index (χ2v) is 5.91. The van der Waals surface area contributed by atoms with Crippen molar-refractivity contribution in [2.45, 2.75) is 19.8 Å². The molecule has 1 heterocycles. The maximum Gasteiger partial charge on any atom is 0.363 e. The molecule has 0 radical (unpaired) electrons. The number of non-ortho nitro benzene ring substituents is 1. The second-order valence-electron chi connectivity index (χ2n) is 5.91. The van der Waals surface area contributed by atoms with E-state index in [1.165, 1.54) is 24.3 Å². The Morgan fingerprint density at radius 3 is 2.70 bits per heavy atom. The van der Waals surface area contributed by atoms with Crippen LogP contribution in [0.25, 0.3) is 6.08 Å². The van der Waals surface area contributed by atoms with Crippen LogP contribution in [0.3, 0.4) is 0 Å². The van der Waals surface area contributed by atoms with Gasteiger partial charge < -0.3 is 9.47 Å². The summed E-state index contributed by atoms with van der Waals surface area (Å²) in [6, 6.07) is 13.0. The molecule has 0 spiro atoms. The number of cyclic esters (lactones) is 1. The first-order valence-electron chi connectivity index (χ1n) is 8.57. The van der Waals surface area contributed by atoms with Crippen molar-refractivity contribution in [3.8, 4) is 5.75 Å². The van der Waals surface area contributed by atoms with E-state index in [0.717, 1.165) is 24.2 Å². The van der Waals surface area contributed by atoms with Crippen LogP contribution in [0.5, 0.6) is 5.75 Å². The summed E-state index contributed by atoms with van der Waals surface area (Å²) in [6.07, 6.45) is 3.64. The summed E-state index contributed by atoms with van der Waals surface area (Å²) in [4.78, 5) is 26.5. The lowest BCUT2D eigenvalue weighted by Crippen LogP contribution is -2.05. The van der Waals surface area contributed by atoms with Crippen LogP contribution in [-0.4, -0.2) is 23.4 Å². The molecule has 2 aromatic rings. The zero-order chi connectivity index (χ0) is 19.2. The van der Waals surface area contributed by atoms with E-state index in [1.54, 1.807) is 6.08 Å². The molecule has 0 aromatic heterocycles. The van der Waals surface area contributed by atoms with Gasteiger partial charge in [-0.1, -0.05) is 25.5 Å². The van der Waals surface area contributed by atoms with Gasteiger partial charge in [-0.05, 0) is 42.3 Å². The molecule has 0 fully saturated rings. The minimum atomic E-state index is -0.569. The minimum absolute atomic E-state index is 0.0423. The van der Waals surface area contributed by atoms with Crippen molar-refractivity contribution in [1.82, 2.24) is 0 Å². The van der Waals surface area contributed by atoms with Crippen LogP contribution in [0.1, 0.15) is 30.9 Å². The number of carbonyl (C=O) groups is 1. The minimum Gasteiger partial charge on any atom is -0.494 e. The van der Waals surface area contributed by atoms with Crippen molar-refractivity contribution in [1.29, 1.82) is 0 Å². The molecule has 7 heteroatoms. The van der Waals surface area contributed by atoms with Crippen molar-refractivity contribution >= 4 is 23.6 Å². The fourth-order valence-electron chi connectivity index (χ4n) is 2.44. The molecule has 1 aliphatic rings. The predicted molar refractivity (Wildman–Crippen MR) is 101 cm³/mol. The number of nitro groups is 1. The highest BCUT2D eigenvalue weighted by atomic mass is 16.6. The van der Waals surface area contributed by atoms with Crippen LogP contribution in [0.4, 0.5) is 5.69 Å². The van der Waals surface area contributed by atoms with Gasteiger partial charge in [0.25, 0.3) is 5.69 Å². The van der Waals surface area contributed by atoms with Crippen LogP contribution in [0, 0.1) is 10.1 Å². The molecule has 0 saturated heterocycles. The Bertz CT molecular complexity index is 916. The fourth-order valence-corrected chi connectivity index (χ4v) is 2.44. The number of unbranched alkanes of at least 4 members (excludes halogenated alkanes) is 1. The number of benzene rings is 2. The van der Waals surface area contributed by atoms with E-state index in [4.69, 9.17) is 9.47 Å². The molecular formula is C20H18N2O5. The summed E-state index contributed by atoms with van der Waals surface area (Å²) in [5.41, 5.74) is 1.38. The van der Waals surface area contributed by atoms with E-state index < -0.39 is 10.9 Å². The molecule has 0 N–H and O–H groups in total. The molecule has 0 unspecified atom stereocenters. The quantitative estimate of drug-likeness (QED) is 0.242. The Balaban J connectivity index is 1.79. The Morgan fingerprint density at radius 2 is 2.00 bits per heavy atom. The summed E-state index contributed by atoms with van der Waals surface area (Å²) in [5.74, 6) is 0.279. The summed E-state index contributed by atoms with van der Waals surface area (Å²) >= 11 is 0. The number of carbonyl (C=O) groups excluding carboxylic acids is 1. The highest BCUT2D eigenvalue weighted by Crippen LogP contribution is 2.22. The highest BCUT2D eigenvalue weighted by molar-refractivity contribution is 6.12. The van der Waals surface area contributed by atoms with E-state index >= 15 is 0 Å². The summed E-state index contributed by atoms with van der Waals surface area (Å²) in [7, 11) is 0. The number of ether oxygens (including phenoxy) is 2. The molecule has 138 valence electrons. The predicted octanol–water partition coefficient (Wildman–Crippen LogP) is 4.12. The molecular weight excluding hydrogens is 348 g/mol. The first kappa shape index (κ1) is 18.3. The second kappa shape index (κ2) is 8.27. The van der Waals surface area contributed by atoms with Crippen LogP contribution in [0.2, 0.25) is 0 Å². The average molecular weight is 366 g/mol. The highest BCUT2D eigenvalue weighted by Gasteiger charge is 2.24. The van der Waals surface area contributed by atoms with Gasteiger partial charge in [-0.15, -0.1) is 0 Å². The number of hydrogen-bond acceptors (Lipinski definition) is 6. The summed E-state index contributed by atoms with van der Waals surface area (Å²) < 4.78 is 10.8. The third kappa shape index (κ3) is 4.58. The van der Waals surface area contributed by atoms with E-state index in [2.05, 4.69) is 11.9 Å². The number of esters is 1. The number of nitrogens with zero attached hydrogens (tertiary/aromatic N) is 2. The number of aliphatic imine (C=N–C) groups is 1. The Labute approximate surface area is 156 Å². The first-order chi connectivity index (χ1) is 13.1. The van der Waals surface area contributed by atoms with Crippen LogP contribution in [0.15, 0.2) is 59.2 Å². The summed E-state index contributed by atoms with van der Waals surface area (Å²) in [6.45, 7) is 2.73. The van der Waals surface area contributed by atoms with Crippen molar-refractivity contribution in [2.75, 3.05) is 6.61 Å². The molecule has 3 rings (SSSR count). The Morgan fingerprint density at radius 1 is 1.22 bits per heavy atom. The monoisotopic (exact) mass is 366 g/mol. The van der Waals surface area contributed by atoms with Gasteiger partial charge in [0.05, 0.1) is 11.5 Å². The number of rotatable bonds is 7. The SMILES string of the molecule is CCCCOc1cccc(/C=C2\N=C(c3ccc([N+](=O)[O-])cc3)OC2=O)c1. The molecule has 27 heavy (non-hydrogen) atoms. The topological polar surface area (TPSA) is 91.0 Å². The molecule has 7 nitrogen and oxygen atoms in total.